The van der Waals surface area contributed by atoms with E-state index in [1.54, 1.807) is 0 Å². The van der Waals surface area contributed by atoms with Gasteiger partial charge in [-0.3, -0.25) is 0 Å². The van der Waals surface area contributed by atoms with E-state index >= 15 is 0 Å². The summed E-state index contributed by atoms with van der Waals surface area (Å²) in [6.45, 7) is 7.91. The highest BCUT2D eigenvalue weighted by Crippen LogP contribution is 2.36. The average Bonchev–Trinajstić information content (AvgIpc) is 2.77. The van der Waals surface area contributed by atoms with E-state index in [0.717, 1.165) is 12.4 Å². The summed E-state index contributed by atoms with van der Waals surface area (Å²) in [5, 5.41) is 7.80. The summed E-state index contributed by atoms with van der Waals surface area (Å²) in [5.74, 6) is 0. The smallest absolute Gasteiger partial charge is 0.166 e. The van der Waals surface area contributed by atoms with Gasteiger partial charge in [0.2, 0.25) is 0 Å². The van der Waals surface area contributed by atoms with Crippen molar-refractivity contribution in [3.63, 3.8) is 0 Å². The Balaban J connectivity index is 0.00000136. The molecule has 1 unspecified atom stereocenters. The number of thioether (sulfide) groups is 1. The number of hydrogen-bond donors (Lipinski definition) is 1. The maximum absolute atomic E-state index is 7.00. The molecule has 1 aliphatic carbocycles. The molecule has 1 aliphatic rings. The molecule has 0 spiro atoms. The minimum Gasteiger partial charge on any atom is -0.400 e. The summed E-state index contributed by atoms with van der Waals surface area (Å²) in [6.07, 6.45) is 12.8. The Morgan fingerprint density at radius 3 is 2.11 bits per heavy atom. The van der Waals surface area contributed by atoms with Gasteiger partial charge in [0.05, 0.1) is 10.9 Å². The van der Waals surface area contributed by atoms with E-state index in [9.17, 15) is 0 Å². The first-order valence-corrected chi connectivity index (χ1v) is 11.9. The van der Waals surface area contributed by atoms with Crippen molar-refractivity contribution >= 4 is 22.7 Å². The van der Waals surface area contributed by atoms with E-state index in [4.69, 9.17) is 5.11 Å². The van der Waals surface area contributed by atoms with Crippen LogP contribution >= 0.6 is 11.8 Å². The lowest BCUT2D eigenvalue weighted by molar-refractivity contribution is 0.399. The van der Waals surface area contributed by atoms with Crippen LogP contribution in [0.2, 0.25) is 0 Å². The van der Waals surface area contributed by atoms with Gasteiger partial charge < -0.3 is 5.11 Å². The molecule has 148 valence electrons. The monoisotopic (exact) mass is 411 g/mol. The first-order chi connectivity index (χ1) is 13.8. The molecule has 1 atom stereocenters. The zero-order chi connectivity index (χ0) is 20.2. The highest BCUT2D eigenvalue weighted by Gasteiger charge is 2.29. The normalized spacial score (nSPS) is 15.9. The topological polar surface area (TPSA) is 20.2 Å². The molecule has 1 saturated carbocycles. The van der Waals surface area contributed by atoms with E-state index < -0.39 is 0 Å². The highest BCUT2D eigenvalue weighted by molar-refractivity contribution is 8.01. The Morgan fingerprint density at radius 2 is 1.54 bits per heavy atom. The number of aliphatic hydroxyl groups is 1. The van der Waals surface area contributed by atoms with E-state index in [1.165, 1.54) is 51.7 Å². The quantitative estimate of drug-likeness (QED) is 0.390. The first-order valence-electron chi connectivity index (χ1n) is 9.78. The standard InChI is InChI=1S/C24H27S2.CH4O/c1-3-11-22(4-2)26(23-14-9-6-10-15-23)24-18-16-21(17-19-24)25-20-12-7-5-8-13-20;1-2/h3-4,6,9-11,14-20H,1-2,5,7-8,12-13H2;2H,1H3/q+1;/b22-11+;. The van der Waals surface area contributed by atoms with E-state index in [2.05, 4.69) is 85.6 Å². The summed E-state index contributed by atoms with van der Waals surface area (Å²) in [5.41, 5.74) is 0. The molecule has 28 heavy (non-hydrogen) atoms. The van der Waals surface area contributed by atoms with Gasteiger partial charge in [-0.05, 0) is 61.4 Å². The SMILES string of the molecule is C=C/C=C(\C=C)[S+](c1ccccc1)c1ccc(SC2CCCCC2)cc1.CO. The third-order valence-electron chi connectivity index (χ3n) is 4.61. The van der Waals surface area contributed by atoms with Crippen molar-refractivity contribution in [2.75, 3.05) is 7.11 Å². The third-order valence-corrected chi connectivity index (χ3v) is 8.22. The van der Waals surface area contributed by atoms with Crippen LogP contribution in [0.5, 0.6) is 0 Å². The fourth-order valence-corrected chi connectivity index (χ4v) is 6.63. The summed E-state index contributed by atoms with van der Waals surface area (Å²) >= 11 is 2.06. The van der Waals surface area contributed by atoms with Gasteiger partial charge >= 0.3 is 0 Å². The Morgan fingerprint density at radius 1 is 0.929 bits per heavy atom. The Labute approximate surface area is 177 Å². The van der Waals surface area contributed by atoms with Gasteiger partial charge in [0, 0.05) is 17.3 Å². The van der Waals surface area contributed by atoms with Crippen LogP contribution in [0.3, 0.4) is 0 Å². The number of rotatable bonds is 7. The van der Waals surface area contributed by atoms with E-state index in [-0.39, 0.29) is 10.9 Å². The van der Waals surface area contributed by atoms with Gasteiger partial charge in [-0.15, -0.1) is 11.8 Å². The summed E-state index contributed by atoms with van der Waals surface area (Å²) in [6, 6.07) is 19.9. The molecule has 1 N–H and O–H groups in total. The predicted octanol–water partition coefficient (Wildman–Crippen LogP) is 7.01. The second-order valence-corrected chi connectivity index (χ2v) is 9.88. The molecule has 1 fully saturated rings. The fraction of sp³-hybridized carbons (Fsp3) is 0.280. The molecule has 0 radical (unpaired) electrons. The Bertz CT molecular complexity index is 744. The van der Waals surface area contributed by atoms with Crippen LogP contribution in [0, 0.1) is 0 Å². The zero-order valence-corrected chi connectivity index (χ0v) is 18.4. The van der Waals surface area contributed by atoms with Crippen LogP contribution in [0.15, 0.2) is 106 Å². The van der Waals surface area contributed by atoms with E-state index in [0.29, 0.717) is 0 Å². The molecule has 3 rings (SSSR count). The molecule has 1 nitrogen and oxygen atoms in total. The molecule has 2 aromatic rings. The Hall–Kier alpha value is -1.68. The second kappa shape index (κ2) is 12.7. The molecule has 0 heterocycles. The van der Waals surface area contributed by atoms with Crippen molar-refractivity contribution in [3.8, 4) is 0 Å². The van der Waals surface area contributed by atoms with Crippen molar-refractivity contribution in [3.05, 3.63) is 90.9 Å². The highest BCUT2D eigenvalue weighted by atomic mass is 32.2. The number of aliphatic hydroxyl groups excluding tert-OH is 1. The third kappa shape index (κ3) is 6.44. The van der Waals surface area contributed by atoms with Crippen LogP contribution in [0.1, 0.15) is 32.1 Å². The van der Waals surface area contributed by atoms with Crippen LogP contribution in [-0.2, 0) is 10.9 Å². The molecule has 0 bridgehead atoms. The van der Waals surface area contributed by atoms with Gasteiger partial charge in [-0.25, -0.2) is 0 Å². The molecule has 0 saturated heterocycles. The summed E-state index contributed by atoms with van der Waals surface area (Å²) in [7, 11) is 0.859. The largest absolute Gasteiger partial charge is 0.400 e. The molecular formula is C25H31OS2+. The minimum absolute atomic E-state index is 0.141. The lowest BCUT2D eigenvalue weighted by atomic mass is 10.0. The van der Waals surface area contributed by atoms with Gasteiger partial charge in [0.15, 0.2) is 14.7 Å². The van der Waals surface area contributed by atoms with Crippen LogP contribution < -0.4 is 0 Å². The van der Waals surface area contributed by atoms with E-state index in [1.807, 2.05) is 12.2 Å². The lowest BCUT2D eigenvalue weighted by Gasteiger charge is -2.20. The number of allylic oxidation sites excluding steroid dienone is 3. The summed E-state index contributed by atoms with van der Waals surface area (Å²) < 4.78 is 0. The molecule has 0 aromatic heterocycles. The Kier molecular flexibility index (Phi) is 10.3. The van der Waals surface area contributed by atoms with Gasteiger partial charge in [0.25, 0.3) is 0 Å². The van der Waals surface area contributed by atoms with Crippen molar-refractivity contribution in [1.29, 1.82) is 0 Å². The average molecular weight is 412 g/mol. The fourth-order valence-electron chi connectivity index (χ4n) is 3.33. The van der Waals surface area contributed by atoms with Crippen molar-refractivity contribution in [1.82, 2.24) is 0 Å². The molecule has 0 amide bonds. The molecule has 0 aliphatic heterocycles. The minimum atomic E-state index is -0.141. The van der Waals surface area contributed by atoms with Crippen LogP contribution in [0.25, 0.3) is 0 Å². The zero-order valence-electron chi connectivity index (χ0n) is 16.7. The molecule has 3 heteroatoms. The van der Waals surface area contributed by atoms with Crippen molar-refractivity contribution < 1.29 is 5.11 Å². The van der Waals surface area contributed by atoms with Crippen LogP contribution in [-0.4, -0.2) is 17.5 Å². The summed E-state index contributed by atoms with van der Waals surface area (Å²) in [4.78, 5) is 5.24. The molecule has 2 aromatic carbocycles. The predicted molar refractivity (Wildman–Crippen MR) is 126 cm³/mol. The maximum atomic E-state index is 7.00. The lowest BCUT2D eigenvalue weighted by Crippen LogP contribution is -2.08. The van der Waals surface area contributed by atoms with Gasteiger partial charge in [-0.1, -0.05) is 56.7 Å². The maximum Gasteiger partial charge on any atom is 0.166 e. The van der Waals surface area contributed by atoms with Crippen molar-refractivity contribution in [2.45, 2.75) is 52.0 Å². The van der Waals surface area contributed by atoms with Crippen molar-refractivity contribution in [2.24, 2.45) is 0 Å². The number of benzene rings is 2. The van der Waals surface area contributed by atoms with Gasteiger partial charge in [0.1, 0.15) is 0 Å². The molecular weight excluding hydrogens is 380 g/mol. The second-order valence-electron chi connectivity index (χ2n) is 6.48. The first kappa shape index (κ1) is 22.6. The van der Waals surface area contributed by atoms with Crippen LogP contribution in [0.4, 0.5) is 0 Å². The van der Waals surface area contributed by atoms with Gasteiger partial charge in [-0.2, -0.15) is 0 Å². The number of hydrogen-bond acceptors (Lipinski definition) is 2.